The Morgan fingerprint density at radius 2 is 0.574 bits per heavy atom. The summed E-state index contributed by atoms with van der Waals surface area (Å²) in [5, 5.41) is 0. The van der Waals surface area contributed by atoms with Crippen molar-refractivity contribution in [1.29, 1.82) is 0 Å². The quantitative estimate of drug-likeness (QED) is 0.0262. The fourth-order valence-corrected chi connectivity index (χ4v) is 7.59. The van der Waals surface area contributed by atoms with Gasteiger partial charge in [0.2, 0.25) is 0 Å². The van der Waals surface area contributed by atoms with Gasteiger partial charge in [-0.2, -0.15) is 0 Å². The minimum Gasteiger partial charge on any atom is -0.462 e. The van der Waals surface area contributed by atoms with Gasteiger partial charge < -0.3 is 14.2 Å². The molecular formula is C62H104O6. The van der Waals surface area contributed by atoms with E-state index in [2.05, 4.69) is 118 Å². The Kier molecular flexibility index (Phi) is 52.9. The van der Waals surface area contributed by atoms with Crippen molar-refractivity contribution in [1.82, 2.24) is 0 Å². The fraction of sp³-hybridized carbons (Fsp3) is 0.694. The molecule has 0 rings (SSSR count). The number of allylic oxidation sites excluding steroid dienone is 16. The summed E-state index contributed by atoms with van der Waals surface area (Å²) >= 11 is 0. The third-order valence-electron chi connectivity index (χ3n) is 11.8. The second kappa shape index (κ2) is 55.9. The second-order valence-corrected chi connectivity index (χ2v) is 18.5. The molecule has 0 aliphatic rings. The lowest BCUT2D eigenvalue weighted by Gasteiger charge is -2.18. The lowest BCUT2D eigenvalue weighted by Crippen LogP contribution is -2.30. The van der Waals surface area contributed by atoms with E-state index in [4.69, 9.17) is 14.2 Å². The molecule has 0 spiro atoms. The van der Waals surface area contributed by atoms with Gasteiger partial charge in [0.05, 0.1) is 0 Å². The summed E-state index contributed by atoms with van der Waals surface area (Å²) < 4.78 is 16.8. The summed E-state index contributed by atoms with van der Waals surface area (Å²) in [4.78, 5) is 38.0. The van der Waals surface area contributed by atoms with Crippen LogP contribution in [0.2, 0.25) is 0 Å². The van der Waals surface area contributed by atoms with Gasteiger partial charge in [0.15, 0.2) is 6.10 Å². The average molecular weight is 946 g/mol. The van der Waals surface area contributed by atoms with Crippen molar-refractivity contribution in [3.05, 3.63) is 97.2 Å². The first-order valence-electron chi connectivity index (χ1n) is 28.2. The van der Waals surface area contributed by atoms with Gasteiger partial charge in [0.1, 0.15) is 13.2 Å². The highest BCUT2D eigenvalue weighted by Gasteiger charge is 2.19. The van der Waals surface area contributed by atoms with Gasteiger partial charge in [0, 0.05) is 19.3 Å². The van der Waals surface area contributed by atoms with E-state index in [-0.39, 0.29) is 31.1 Å². The van der Waals surface area contributed by atoms with E-state index in [0.29, 0.717) is 19.3 Å². The van der Waals surface area contributed by atoms with Crippen LogP contribution in [0.15, 0.2) is 97.2 Å². The molecule has 0 aliphatic carbocycles. The van der Waals surface area contributed by atoms with Crippen molar-refractivity contribution >= 4 is 17.9 Å². The number of carbonyl (C=O) groups excluding carboxylic acids is 3. The molecule has 0 heterocycles. The Bertz CT molecular complexity index is 1360. The average Bonchev–Trinajstić information content (AvgIpc) is 3.34. The van der Waals surface area contributed by atoms with Crippen LogP contribution in [-0.4, -0.2) is 37.2 Å². The lowest BCUT2D eigenvalue weighted by molar-refractivity contribution is -0.167. The maximum absolute atomic E-state index is 12.8. The molecule has 0 aromatic carbocycles. The van der Waals surface area contributed by atoms with Crippen LogP contribution in [0.25, 0.3) is 0 Å². The zero-order valence-electron chi connectivity index (χ0n) is 44.3. The molecule has 0 amide bonds. The highest BCUT2D eigenvalue weighted by atomic mass is 16.6. The molecule has 388 valence electrons. The molecule has 68 heavy (non-hydrogen) atoms. The molecule has 0 saturated heterocycles. The number of carbonyl (C=O) groups is 3. The number of hydrogen-bond acceptors (Lipinski definition) is 6. The van der Waals surface area contributed by atoms with Crippen molar-refractivity contribution in [2.24, 2.45) is 0 Å². The summed E-state index contributed by atoms with van der Waals surface area (Å²) in [6.07, 6.45) is 74.0. The normalized spacial score (nSPS) is 12.8. The van der Waals surface area contributed by atoms with Gasteiger partial charge in [-0.3, -0.25) is 14.4 Å². The Morgan fingerprint density at radius 3 is 0.926 bits per heavy atom. The first-order valence-corrected chi connectivity index (χ1v) is 28.2. The molecular weight excluding hydrogens is 841 g/mol. The Balaban J connectivity index is 4.30. The molecule has 0 aliphatic heterocycles. The Hall–Kier alpha value is -3.67. The summed E-state index contributed by atoms with van der Waals surface area (Å²) in [7, 11) is 0. The molecule has 0 aromatic rings. The van der Waals surface area contributed by atoms with Crippen molar-refractivity contribution in [2.75, 3.05) is 13.2 Å². The third kappa shape index (κ3) is 53.3. The highest BCUT2D eigenvalue weighted by molar-refractivity contribution is 5.71. The minimum absolute atomic E-state index is 0.0861. The van der Waals surface area contributed by atoms with Crippen molar-refractivity contribution < 1.29 is 28.6 Å². The molecule has 0 radical (unpaired) electrons. The summed E-state index contributed by atoms with van der Waals surface area (Å²) in [5.74, 6) is -0.913. The third-order valence-corrected chi connectivity index (χ3v) is 11.8. The van der Waals surface area contributed by atoms with E-state index in [1.54, 1.807) is 0 Å². The van der Waals surface area contributed by atoms with Gasteiger partial charge >= 0.3 is 17.9 Å². The van der Waals surface area contributed by atoms with Crippen LogP contribution < -0.4 is 0 Å². The first-order chi connectivity index (χ1) is 33.5. The predicted octanol–water partition coefficient (Wildman–Crippen LogP) is 18.9. The molecule has 6 heteroatoms. The van der Waals surface area contributed by atoms with Crippen LogP contribution in [0.1, 0.15) is 258 Å². The number of ether oxygens (including phenoxy) is 3. The Labute approximate surface area is 419 Å². The summed E-state index contributed by atoms with van der Waals surface area (Å²) in [5.41, 5.74) is 0. The molecule has 6 nitrogen and oxygen atoms in total. The standard InChI is InChI=1S/C62H104O6/c1-4-7-10-13-16-19-21-23-25-27-29-30-31-32-34-35-37-39-41-43-46-49-52-55-61(64)67-58-59(57-66-60(63)54-51-48-45-18-15-12-9-6-3)68-62(65)56-53-50-47-44-42-40-38-36-33-28-26-24-22-20-17-14-11-8-5-2/h7,10,16-17,19-20,23-26,29-30,32-34,36,59H,4-6,8-9,11-15,18,21-22,27-28,31,35,37-58H2,1-3H3/b10-7-,19-16-,20-17-,25-23-,26-24-,30-29-,34-32-,36-33-. The van der Waals surface area contributed by atoms with Gasteiger partial charge in [0.25, 0.3) is 0 Å². The van der Waals surface area contributed by atoms with Crippen molar-refractivity contribution in [3.63, 3.8) is 0 Å². The smallest absolute Gasteiger partial charge is 0.306 e. The molecule has 0 fully saturated rings. The molecule has 0 aromatic heterocycles. The van der Waals surface area contributed by atoms with Crippen LogP contribution in [0.5, 0.6) is 0 Å². The molecule has 1 unspecified atom stereocenters. The number of hydrogen-bond donors (Lipinski definition) is 0. The Morgan fingerprint density at radius 1 is 0.309 bits per heavy atom. The van der Waals surface area contributed by atoms with E-state index in [0.717, 1.165) is 122 Å². The zero-order valence-corrected chi connectivity index (χ0v) is 44.3. The lowest BCUT2D eigenvalue weighted by atomic mass is 10.1. The van der Waals surface area contributed by atoms with E-state index in [1.807, 2.05) is 0 Å². The molecule has 1 atom stereocenters. The predicted molar refractivity (Wildman–Crippen MR) is 293 cm³/mol. The van der Waals surface area contributed by atoms with Gasteiger partial charge in [-0.05, 0) is 103 Å². The van der Waals surface area contributed by atoms with Gasteiger partial charge in [-0.1, -0.05) is 234 Å². The highest BCUT2D eigenvalue weighted by Crippen LogP contribution is 2.14. The van der Waals surface area contributed by atoms with Crippen LogP contribution in [0, 0.1) is 0 Å². The van der Waals surface area contributed by atoms with Crippen molar-refractivity contribution in [3.8, 4) is 0 Å². The summed E-state index contributed by atoms with van der Waals surface area (Å²) in [6, 6.07) is 0. The van der Waals surface area contributed by atoms with E-state index < -0.39 is 6.10 Å². The number of esters is 3. The van der Waals surface area contributed by atoms with E-state index in [9.17, 15) is 14.4 Å². The number of rotatable bonds is 50. The summed E-state index contributed by atoms with van der Waals surface area (Å²) in [6.45, 7) is 6.45. The maximum Gasteiger partial charge on any atom is 0.306 e. The van der Waals surface area contributed by atoms with Gasteiger partial charge in [-0.15, -0.1) is 0 Å². The fourth-order valence-electron chi connectivity index (χ4n) is 7.59. The SMILES string of the molecule is CC/C=C\C/C=C\C/C=C\C/C=C\C/C=C\CCCCCCCCCC(=O)OCC(COC(=O)CCCCCCCCCC)OC(=O)CCCCCCCC/C=C\C/C=C\C/C=C\CCCCC. The van der Waals surface area contributed by atoms with Gasteiger partial charge in [-0.25, -0.2) is 0 Å². The van der Waals surface area contributed by atoms with Crippen LogP contribution in [0.3, 0.4) is 0 Å². The number of unbranched alkanes of at least 4 members (excludes halogenated alkanes) is 23. The topological polar surface area (TPSA) is 78.9 Å². The zero-order chi connectivity index (χ0) is 49.3. The molecule has 0 N–H and O–H groups in total. The minimum atomic E-state index is -0.788. The van der Waals surface area contributed by atoms with E-state index in [1.165, 1.54) is 96.3 Å². The van der Waals surface area contributed by atoms with Crippen LogP contribution in [-0.2, 0) is 28.6 Å². The molecule has 0 saturated carbocycles. The van der Waals surface area contributed by atoms with Crippen molar-refractivity contribution in [2.45, 2.75) is 264 Å². The maximum atomic E-state index is 12.8. The van der Waals surface area contributed by atoms with Crippen LogP contribution >= 0.6 is 0 Å². The molecule has 0 bridgehead atoms. The largest absolute Gasteiger partial charge is 0.462 e. The second-order valence-electron chi connectivity index (χ2n) is 18.5. The first kappa shape index (κ1) is 64.3. The van der Waals surface area contributed by atoms with E-state index >= 15 is 0 Å². The van der Waals surface area contributed by atoms with Crippen LogP contribution in [0.4, 0.5) is 0 Å². The monoisotopic (exact) mass is 945 g/mol.